The molecule has 0 N–H and O–H groups in total. The molecule has 2 saturated heterocycles. The monoisotopic (exact) mass is 518 g/mol. The van der Waals surface area contributed by atoms with Crippen LogP contribution in [0.15, 0.2) is 36.5 Å². The predicted octanol–water partition coefficient (Wildman–Crippen LogP) is 4.97. The second kappa shape index (κ2) is 10.4. The maximum atomic E-state index is 13.6. The van der Waals surface area contributed by atoms with Crippen molar-refractivity contribution in [3.05, 3.63) is 69.7 Å². The van der Waals surface area contributed by atoms with Crippen LogP contribution in [0.25, 0.3) is 0 Å². The number of amides is 1. The van der Waals surface area contributed by atoms with Gasteiger partial charge in [-0.2, -0.15) is 13.2 Å². The van der Waals surface area contributed by atoms with Crippen LogP contribution in [0.4, 0.5) is 13.2 Å². The molecule has 9 heteroatoms. The molecule has 0 bridgehead atoms. The molecular formula is C28H37F3N4O2. The fraction of sp³-hybridized carbons (Fsp3) is 0.571. The Labute approximate surface area is 217 Å². The number of hydrogen-bond donors (Lipinski definition) is 0. The maximum Gasteiger partial charge on any atom is 0.416 e. The van der Waals surface area contributed by atoms with Gasteiger partial charge in [-0.3, -0.25) is 19.4 Å². The number of rotatable bonds is 5. The lowest BCUT2D eigenvalue weighted by atomic mass is 9.85. The van der Waals surface area contributed by atoms with Crippen LogP contribution in [0, 0.1) is 19.1 Å². The maximum absolute atomic E-state index is 13.6. The lowest BCUT2D eigenvalue weighted by Gasteiger charge is -2.54. The van der Waals surface area contributed by atoms with E-state index in [1.54, 1.807) is 31.3 Å². The lowest BCUT2D eigenvalue weighted by molar-refractivity contribution is -0.806. The van der Waals surface area contributed by atoms with E-state index in [0.29, 0.717) is 30.5 Å². The number of hydrogen-bond acceptors (Lipinski definition) is 5. The molecule has 0 aliphatic carbocycles. The van der Waals surface area contributed by atoms with Gasteiger partial charge in [-0.1, -0.05) is 12.1 Å². The van der Waals surface area contributed by atoms with Gasteiger partial charge in [-0.05, 0) is 63.4 Å². The average molecular weight is 519 g/mol. The summed E-state index contributed by atoms with van der Waals surface area (Å²) in [5.74, 6) is -0.383. The summed E-state index contributed by atoms with van der Waals surface area (Å²) in [6.45, 7) is 11.9. The second-order valence-corrected chi connectivity index (χ2v) is 11.0. The third-order valence-electron chi connectivity index (χ3n) is 8.45. The highest BCUT2D eigenvalue weighted by Crippen LogP contribution is 2.35. The summed E-state index contributed by atoms with van der Waals surface area (Å²) in [7, 11) is 0. The number of aryl methyl sites for hydroxylation is 2. The summed E-state index contributed by atoms with van der Waals surface area (Å²) >= 11 is 0. The van der Waals surface area contributed by atoms with Crippen molar-refractivity contribution in [3.63, 3.8) is 0 Å². The molecule has 1 atom stereocenters. The van der Waals surface area contributed by atoms with Crippen LogP contribution in [-0.2, 0) is 12.6 Å². The van der Waals surface area contributed by atoms with Crippen molar-refractivity contribution < 1.29 is 22.6 Å². The summed E-state index contributed by atoms with van der Waals surface area (Å²) < 4.78 is 37.6. The Morgan fingerprint density at radius 3 is 2.35 bits per heavy atom. The standard InChI is InChI=1S/C28H37F3N4O2/c1-20-9-13-32-22(3)25(20)26(36)35(37)17-11-27(4,12-18-35)34-16-15-33(21(2)19-34)14-10-23-5-7-24(8-6-23)28(29,30)31/h5-9,13,21H,10-12,14-19H2,1-4H3/t21-,27?,35?/m0/s1. The topological polar surface area (TPSA) is 59.5 Å². The first-order valence-corrected chi connectivity index (χ1v) is 13.0. The third-order valence-corrected chi connectivity index (χ3v) is 8.45. The Morgan fingerprint density at radius 1 is 1.14 bits per heavy atom. The molecule has 2 fully saturated rings. The molecule has 0 spiro atoms. The van der Waals surface area contributed by atoms with Crippen LogP contribution in [0.1, 0.15) is 59.4 Å². The normalized spacial score (nSPS) is 27.8. The first kappa shape index (κ1) is 27.7. The number of piperazine rings is 1. The Kier molecular flexibility index (Phi) is 7.82. The van der Waals surface area contributed by atoms with Crippen LogP contribution in [0.3, 0.4) is 0 Å². The van der Waals surface area contributed by atoms with Gasteiger partial charge in [-0.15, -0.1) is 0 Å². The molecule has 2 aliphatic heterocycles. The van der Waals surface area contributed by atoms with E-state index in [9.17, 15) is 23.2 Å². The summed E-state index contributed by atoms with van der Waals surface area (Å²) in [5, 5.41) is 13.6. The zero-order valence-corrected chi connectivity index (χ0v) is 22.1. The highest BCUT2D eigenvalue weighted by molar-refractivity contribution is 5.91. The number of alkyl halides is 3. The van der Waals surface area contributed by atoms with Crippen LogP contribution in [0.2, 0.25) is 0 Å². The number of carbonyl (C=O) groups is 1. The first-order valence-electron chi connectivity index (χ1n) is 13.0. The molecule has 2 aromatic rings. The number of likely N-dealkylation sites (tertiary alicyclic amines) is 1. The van der Waals surface area contributed by atoms with Gasteiger partial charge in [0.15, 0.2) is 0 Å². The van der Waals surface area contributed by atoms with Crippen molar-refractivity contribution in [2.45, 2.75) is 64.7 Å². The van der Waals surface area contributed by atoms with E-state index in [2.05, 4.69) is 28.6 Å². The van der Waals surface area contributed by atoms with E-state index in [4.69, 9.17) is 0 Å². The molecule has 2 aliphatic rings. The molecule has 0 radical (unpaired) electrons. The van der Waals surface area contributed by atoms with Gasteiger partial charge in [0.25, 0.3) is 0 Å². The molecule has 1 aromatic heterocycles. The molecule has 202 valence electrons. The van der Waals surface area contributed by atoms with Crippen LogP contribution in [0.5, 0.6) is 0 Å². The van der Waals surface area contributed by atoms with E-state index >= 15 is 0 Å². The van der Waals surface area contributed by atoms with Crippen molar-refractivity contribution in [1.82, 2.24) is 14.8 Å². The third kappa shape index (κ3) is 5.90. The fourth-order valence-corrected chi connectivity index (χ4v) is 5.77. The SMILES string of the molecule is Cc1ccnc(C)c1C(=O)[N+]1([O-])CCC(C)(N2CCN(CCc3ccc(C(F)(F)F)cc3)[C@@H](C)C2)CC1. The van der Waals surface area contributed by atoms with E-state index in [1.807, 2.05) is 6.92 Å². The number of nitrogens with zero attached hydrogens (tertiary/aromatic N) is 4. The summed E-state index contributed by atoms with van der Waals surface area (Å²) in [4.78, 5) is 22.3. The minimum Gasteiger partial charge on any atom is -0.625 e. The minimum absolute atomic E-state index is 0.140. The molecule has 3 heterocycles. The first-order chi connectivity index (χ1) is 17.3. The fourth-order valence-electron chi connectivity index (χ4n) is 5.77. The average Bonchev–Trinajstić information content (AvgIpc) is 2.85. The van der Waals surface area contributed by atoms with E-state index < -0.39 is 16.4 Å². The molecule has 1 aromatic carbocycles. The zero-order chi connectivity index (χ0) is 27.0. The van der Waals surface area contributed by atoms with Crippen LogP contribution >= 0.6 is 0 Å². The highest BCUT2D eigenvalue weighted by Gasteiger charge is 2.45. The minimum atomic E-state index is -4.31. The van der Waals surface area contributed by atoms with Crippen molar-refractivity contribution >= 4 is 5.91 Å². The number of piperidine rings is 1. The number of hydroxylamine groups is 3. The lowest BCUT2D eigenvalue weighted by Crippen LogP contribution is -2.65. The van der Waals surface area contributed by atoms with Crippen LogP contribution < -0.4 is 0 Å². The van der Waals surface area contributed by atoms with Gasteiger partial charge in [-0.25, -0.2) is 4.79 Å². The van der Waals surface area contributed by atoms with Crippen molar-refractivity contribution in [3.8, 4) is 0 Å². The van der Waals surface area contributed by atoms with Gasteiger partial charge in [0.1, 0.15) is 5.56 Å². The second-order valence-electron chi connectivity index (χ2n) is 11.0. The summed E-state index contributed by atoms with van der Waals surface area (Å²) in [6, 6.07) is 7.49. The van der Waals surface area contributed by atoms with Gasteiger partial charge in [0.2, 0.25) is 0 Å². The van der Waals surface area contributed by atoms with Crippen LogP contribution in [-0.4, -0.2) is 76.2 Å². The molecule has 1 amide bonds. The molecule has 0 saturated carbocycles. The molecule has 0 unspecified atom stereocenters. The number of aromatic nitrogens is 1. The Balaban J connectivity index is 1.32. The van der Waals surface area contributed by atoms with Gasteiger partial charge in [0, 0.05) is 56.8 Å². The van der Waals surface area contributed by atoms with Crippen molar-refractivity contribution in [2.24, 2.45) is 0 Å². The molecule has 4 rings (SSSR count). The number of benzene rings is 1. The number of quaternary nitrogens is 1. The molecule has 37 heavy (non-hydrogen) atoms. The Bertz CT molecular complexity index is 1090. The summed E-state index contributed by atoms with van der Waals surface area (Å²) in [6.07, 6.45) is -0.648. The number of pyridine rings is 1. The van der Waals surface area contributed by atoms with E-state index in [1.165, 1.54) is 0 Å². The molecule has 6 nitrogen and oxygen atoms in total. The summed E-state index contributed by atoms with van der Waals surface area (Å²) in [5.41, 5.74) is 1.99. The largest absolute Gasteiger partial charge is 0.625 e. The van der Waals surface area contributed by atoms with Gasteiger partial charge >= 0.3 is 12.1 Å². The van der Waals surface area contributed by atoms with E-state index in [0.717, 1.165) is 49.4 Å². The number of halogens is 3. The Hall–Kier alpha value is -2.33. The van der Waals surface area contributed by atoms with Crippen molar-refractivity contribution in [1.29, 1.82) is 0 Å². The Morgan fingerprint density at radius 2 is 1.78 bits per heavy atom. The zero-order valence-electron chi connectivity index (χ0n) is 22.1. The van der Waals surface area contributed by atoms with Crippen molar-refractivity contribution in [2.75, 3.05) is 39.3 Å². The predicted molar refractivity (Wildman–Crippen MR) is 137 cm³/mol. The highest BCUT2D eigenvalue weighted by atomic mass is 19.4. The quantitative estimate of drug-likeness (QED) is 0.413. The number of carbonyl (C=O) groups excluding carboxylic acids is 1. The smallest absolute Gasteiger partial charge is 0.416 e. The van der Waals surface area contributed by atoms with Gasteiger partial charge in [0.05, 0.1) is 24.3 Å². The molecular weight excluding hydrogens is 481 g/mol. The van der Waals surface area contributed by atoms with E-state index in [-0.39, 0.29) is 30.6 Å². The van der Waals surface area contributed by atoms with Gasteiger partial charge < -0.3 is 5.21 Å².